The van der Waals surface area contributed by atoms with Gasteiger partial charge in [-0.25, -0.2) is 0 Å². The molecule has 4 rings (SSSR count). The van der Waals surface area contributed by atoms with E-state index in [0.29, 0.717) is 5.92 Å². The molecule has 0 aromatic heterocycles. The largest absolute Gasteiger partial charge is 0.481 e. The number of nitrogens with one attached hydrogen (secondary N) is 1. The summed E-state index contributed by atoms with van der Waals surface area (Å²) in [5, 5.41) is 19.3. The summed E-state index contributed by atoms with van der Waals surface area (Å²) in [7, 11) is 0. The van der Waals surface area contributed by atoms with E-state index in [4.69, 9.17) is 10.2 Å². The third-order valence-corrected chi connectivity index (χ3v) is 5.12. The quantitative estimate of drug-likeness (QED) is 0.716. The Kier molecular flexibility index (Phi) is 6.09. The number of hydrogen-bond acceptors (Lipinski definition) is 4. The van der Waals surface area contributed by atoms with Gasteiger partial charge in [-0.15, -0.1) is 0 Å². The summed E-state index contributed by atoms with van der Waals surface area (Å²) < 4.78 is 0. The van der Waals surface area contributed by atoms with Gasteiger partial charge in [-0.1, -0.05) is 60.7 Å². The van der Waals surface area contributed by atoms with E-state index < -0.39 is 11.9 Å². The van der Waals surface area contributed by atoms with E-state index in [9.17, 15) is 9.59 Å². The fourth-order valence-electron chi connectivity index (χ4n) is 3.73. The molecule has 6 heteroatoms. The Balaban J connectivity index is 0.000000242. The standard InChI is InChI=1S/C18H18N2.C4H6O4/c1-3-7-14(8-4-1)18(15-9-5-2-6-10-15)13-16(18)17-19-11-12-20-17;5-3(6)1-2-4(7)8/h1-10,16H,11-13H2,(H,19,20);1-2H2,(H,5,6)(H,7,8). The van der Waals surface area contributed by atoms with E-state index >= 15 is 0 Å². The predicted octanol–water partition coefficient (Wildman–Crippen LogP) is 2.93. The number of carbonyl (C=O) groups is 2. The highest BCUT2D eigenvalue weighted by Gasteiger charge is 2.59. The molecule has 2 aliphatic rings. The lowest BCUT2D eigenvalue weighted by Crippen LogP contribution is -2.25. The summed E-state index contributed by atoms with van der Waals surface area (Å²) in [6.45, 7) is 1.91. The van der Waals surface area contributed by atoms with Crippen LogP contribution >= 0.6 is 0 Å². The topological polar surface area (TPSA) is 99.0 Å². The Hall–Kier alpha value is -3.15. The van der Waals surface area contributed by atoms with Gasteiger partial charge in [-0.2, -0.15) is 0 Å². The van der Waals surface area contributed by atoms with Crippen LogP contribution in [0.2, 0.25) is 0 Å². The lowest BCUT2D eigenvalue weighted by Gasteiger charge is -2.19. The van der Waals surface area contributed by atoms with Crippen molar-refractivity contribution in [3.63, 3.8) is 0 Å². The number of aliphatic imine (C=N–C) groups is 1. The average molecular weight is 380 g/mol. The Morgan fingerprint density at radius 1 is 0.929 bits per heavy atom. The molecule has 2 aromatic rings. The van der Waals surface area contributed by atoms with Crippen LogP contribution in [0.1, 0.15) is 30.4 Å². The number of rotatable bonds is 6. The highest BCUT2D eigenvalue weighted by molar-refractivity contribution is 5.91. The van der Waals surface area contributed by atoms with Crippen molar-refractivity contribution < 1.29 is 19.8 Å². The lowest BCUT2D eigenvalue weighted by atomic mass is 9.85. The first-order valence-electron chi connectivity index (χ1n) is 9.37. The first-order chi connectivity index (χ1) is 13.5. The molecule has 0 bridgehead atoms. The van der Waals surface area contributed by atoms with Crippen LogP contribution in [0.25, 0.3) is 0 Å². The van der Waals surface area contributed by atoms with Crippen molar-refractivity contribution in [3.05, 3.63) is 71.8 Å². The fraction of sp³-hybridized carbons (Fsp3) is 0.318. The van der Waals surface area contributed by atoms with Gasteiger partial charge >= 0.3 is 11.9 Å². The lowest BCUT2D eigenvalue weighted by molar-refractivity contribution is -0.143. The molecule has 1 atom stereocenters. The summed E-state index contributed by atoms with van der Waals surface area (Å²) in [5.74, 6) is -0.438. The maximum absolute atomic E-state index is 9.64. The molecule has 0 spiro atoms. The maximum Gasteiger partial charge on any atom is 0.303 e. The van der Waals surface area contributed by atoms with Crippen LogP contribution < -0.4 is 5.32 Å². The fourth-order valence-corrected chi connectivity index (χ4v) is 3.73. The molecule has 3 N–H and O–H groups in total. The molecule has 0 saturated heterocycles. The first kappa shape index (κ1) is 19.6. The molecular weight excluding hydrogens is 356 g/mol. The SMILES string of the molecule is O=C(O)CCC(=O)O.c1ccc(C2(c3ccccc3)CC2C2=NCCN2)cc1. The van der Waals surface area contributed by atoms with E-state index in [0.717, 1.165) is 19.5 Å². The van der Waals surface area contributed by atoms with Crippen LogP contribution in [0.5, 0.6) is 0 Å². The first-order valence-corrected chi connectivity index (χ1v) is 9.37. The summed E-state index contributed by atoms with van der Waals surface area (Å²) in [4.78, 5) is 23.9. The molecule has 28 heavy (non-hydrogen) atoms. The van der Waals surface area contributed by atoms with Crippen molar-refractivity contribution in [2.75, 3.05) is 13.1 Å². The highest BCUT2D eigenvalue weighted by atomic mass is 16.4. The summed E-state index contributed by atoms with van der Waals surface area (Å²) in [6, 6.07) is 21.7. The Morgan fingerprint density at radius 2 is 1.43 bits per heavy atom. The Labute approximate surface area is 163 Å². The highest BCUT2D eigenvalue weighted by Crippen LogP contribution is 2.59. The van der Waals surface area contributed by atoms with Crippen molar-refractivity contribution in [3.8, 4) is 0 Å². The molecule has 2 aromatic carbocycles. The van der Waals surface area contributed by atoms with Gasteiger partial charge in [-0.05, 0) is 17.5 Å². The van der Waals surface area contributed by atoms with E-state index in [-0.39, 0.29) is 18.3 Å². The van der Waals surface area contributed by atoms with Crippen LogP contribution in [0.3, 0.4) is 0 Å². The smallest absolute Gasteiger partial charge is 0.303 e. The third-order valence-electron chi connectivity index (χ3n) is 5.12. The van der Waals surface area contributed by atoms with Gasteiger partial charge < -0.3 is 15.5 Å². The van der Waals surface area contributed by atoms with Gasteiger partial charge in [0.1, 0.15) is 5.84 Å². The minimum absolute atomic E-state index is 0.124. The Morgan fingerprint density at radius 3 is 1.82 bits per heavy atom. The monoisotopic (exact) mass is 380 g/mol. The van der Waals surface area contributed by atoms with Crippen molar-refractivity contribution in [2.24, 2.45) is 10.9 Å². The minimum Gasteiger partial charge on any atom is -0.481 e. The van der Waals surface area contributed by atoms with Gasteiger partial charge in [0.25, 0.3) is 0 Å². The van der Waals surface area contributed by atoms with Crippen molar-refractivity contribution in [2.45, 2.75) is 24.7 Å². The molecule has 146 valence electrons. The number of benzene rings is 2. The van der Waals surface area contributed by atoms with Crippen LogP contribution in [0.4, 0.5) is 0 Å². The molecule has 1 unspecified atom stereocenters. The van der Waals surface area contributed by atoms with Gasteiger partial charge in [0.2, 0.25) is 0 Å². The predicted molar refractivity (Wildman–Crippen MR) is 107 cm³/mol. The second kappa shape index (κ2) is 8.69. The Bertz CT molecular complexity index is 796. The molecule has 1 aliphatic heterocycles. The third kappa shape index (κ3) is 4.39. The molecule has 6 nitrogen and oxygen atoms in total. The molecule has 1 saturated carbocycles. The average Bonchev–Trinajstić information content (AvgIpc) is 3.24. The number of nitrogens with zero attached hydrogens (tertiary/aromatic N) is 1. The van der Waals surface area contributed by atoms with Crippen molar-refractivity contribution >= 4 is 17.8 Å². The summed E-state index contributed by atoms with van der Waals surface area (Å²) in [6.07, 6.45) is 0.567. The number of carboxylic acids is 2. The van der Waals surface area contributed by atoms with Crippen LogP contribution in [-0.4, -0.2) is 41.1 Å². The maximum atomic E-state index is 9.64. The van der Waals surface area contributed by atoms with Crippen LogP contribution in [-0.2, 0) is 15.0 Å². The van der Waals surface area contributed by atoms with E-state index in [1.165, 1.54) is 17.0 Å². The molecule has 1 fully saturated rings. The molecular formula is C22H24N2O4. The second-order valence-corrected chi connectivity index (χ2v) is 6.94. The van der Waals surface area contributed by atoms with Gasteiger partial charge in [0.05, 0.1) is 19.4 Å². The number of carboxylic acid groups (broad SMARTS) is 2. The number of amidine groups is 1. The van der Waals surface area contributed by atoms with E-state index in [1.54, 1.807) is 0 Å². The molecule has 1 aliphatic carbocycles. The zero-order valence-corrected chi connectivity index (χ0v) is 15.5. The molecule has 0 radical (unpaired) electrons. The van der Waals surface area contributed by atoms with Gasteiger partial charge in [-0.3, -0.25) is 14.6 Å². The number of aliphatic carboxylic acids is 2. The van der Waals surface area contributed by atoms with Gasteiger partial charge in [0, 0.05) is 17.9 Å². The normalized spacial score (nSPS) is 18.9. The summed E-state index contributed by atoms with van der Waals surface area (Å²) >= 11 is 0. The molecule has 0 amide bonds. The zero-order chi connectivity index (χ0) is 20.0. The van der Waals surface area contributed by atoms with Gasteiger partial charge in [0.15, 0.2) is 0 Å². The van der Waals surface area contributed by atoms with Crippen LogP contribution in [0.15, 0.2) is 65.7 Å². The van der Waals surface area contributed by atoms with Crippen molar-refractivity contribution in [1.29, 1.82) is 0 Å². The van der Waals surface area contributed by atoms with E-state index in [2.05, 4.69) is 71.0 Å². The summed E-state index contributed by atoms with van der Waals surface area (Å²) in [5.41, 5.74) is 2.94. The second-order valence-electron chi connectivity index (χ2n) is 6.94. The van der Waals surface area contributed by atoms with E-state index in [1.807, 2.05) is 0 Å². The van der Waals surface area contributed by atoms with Crippen molar-refractivity contribution in [1.82, 2.24) is 5.32 Å². The zero-order valence-electron chi connectivity index (χ0n) is 15.5. The molecule has 1 heterocycles. The number of hydrogen-bond donors (Lipinski definition) is 3. The minimum atomic E-state index is -1.08. The van der Waals surface area contributed by atoms with Crippen LogP contribution in [0, 0.1) is 5.92 Å².